The van der Waals surface area contributed by atoms with Gasteiger partial charge in [-0.2, -0.15) is 0 Å². The maximum atomic E-state index is 12.4. The van der Waals surface area contributed by atoms with Crippen molar-refractivity contribution in [3.8, 4) is 0 Å². The Bertz CT molecular complexity index is 485. The van der Waals surface area contributed by atoms with Gasteiger partial charge in [-0.1, -0.05) is 23.2 Å². The van der Waals surface area contributed by atoms with E-state index in [0.29, 0.717) is 21.4 Å². The number of carbonyl (C=O) groups excluding carboxylic acids is 1. The van der Waals surface area contributed by atoms with E-state index < -0.39 is 5.54 Å². The molecule has 1 aromatic carbocycles. The first-order chi connectivity index (χ1) is 7.80. The molecule has 0 fully saturated rings. The van der Waals surface area contributed by atoms with Crippen LogP contribution in [0, 0.1) is 5.92 Å². The third-order valence-electron chi connectivity index (χ3n) is 2.89. The van der Waals surface area contributed by atoms with Crippen molar-refractivity contribution < 1.29 is 4.79 Å². The van der Waals surface area contributed by atoms with Crippen molar-refractivity contribution in [1.29, 1.82) is 0 Å². The molecule has 1 unspecified atom stereocenters. The first-order valence-electron chi connectivity index (χ1n) is 5.25. The zero-order chi connectivity index (χ0) is 12.8. The van der Waals surface area contributed by atoms with Crippen molar-refractivity contribution in [1.82, 2.24) is 0 Å². The van der Waals surface area contributed by atoms with Crippen LogP contribution in [0.25, 0.3) is 0 Å². The molecule has 0 aromatic heterocycles. The Balaban J connectivity index is 0.00000162. The molecule has 0 saturated carbocycles. The Morgan fingerprint density at radius 1 is 1.39 bits per heavy atom. The molecule has 0 amide bonds. The van der Waals surface area contributed by atoms with Crippen molar-refractivity contribution in [2.75, 3.05) is 5.75 Å². The van der Waals surface area contributed by atoms with Crippen LogP contribution in [0.3, 0.4) is 0 Å². The predicted molar refractivity (Wildman–Crippen MR) is 80.5 cm³/mol. The molecule has 0 spiro atoms. The molecule has 1 heterocycles. The summed E-state index contributed by atoms with van der Waals surface area (Å²) in [7, 11) is 0. The summed E-state index contributed by atoms with van der Waals surface area (Å²) in [6.45, 7) is 3.73. The Kier molecular flexibility index (Phi) is 5.01. The highest BCUT2D eigenvalue weighted by atomic mass is 35.5. The summed E-state index contributed by atoms with van der Waals surface area (Å²) in [5.74, 6) is 0.484. The second-order valence-electron chi connectivity index (χ2n) is 4.81. The molecule has 1 aromatic rings. The van der Waals surface area contributed by atoms with Crippen LogP contribution in [0.4, 0.5) is 0 Å². The third kappa shape index (κ3) is 2.97. The number of hydrogen-bond donors (Lipinski definition) is 1. The van der Waals surface area contributed by atoms with Crippen LogP contribution in [0.5, 0.6) is 0 Å². The fourth-order valence-corrected chi connectivity index (χ4v) is 4.08. The van der Waals surface area contributed by atoms with E-state index in [9.17, 15) is 4.79 Å². The number of halogens is 3. The van der Waals surface area contributed by atoms with E-state index in [1.807, 2.05) is 13.8 Å². The van der Waals surface area contributed by atoms with Crippen LogP contribution in [0.15, 0.2) is 17.0 Å². The molecule has 2 N–H and O–H groups in total. The number of ketones is 1. The predicted octanol–water partition coefficient (Wildman–Crippen LogP) is 4.06. The first kappa shape index (κ1) is 16.1. The lowest BCUT2D eigenvalue weighted by Gasteiger charge is -2.33. The van der Waals surface area contributed by atoms with Crippen molar-refractivity contribution >= 4 is 53.2 Å². The summed E-state index contributed by atoms with van der Waals surface area (Å²) >= 11 is 13.6. The summed E-state index contributed by atoms with van der Waals surface area (Å²) in [6, 6.07) is 3.39. The highest BCUT2D eigenvalue weighted by molar-refractivity contribution is 7.99. The average molecular weight is 327 g/mol. The molecular formula is C12H14Cl3NOS. The Labute approximate surface area is 127 Å². The number of rotatable bonds is 1. The summed E-state index contributed by atoms with van der Waals surface area (Å²) in [5.41, 5.74) is 6.06. The van der Waals surface area contributed by atoms with E-state index in [0.717, 1.165) is 4.90 Å². The van der Waals surface area contributed by atoms with Gasteiger partial charge in [0.2, 0.25) is 0 Å². The molecule has 0 radical (unpaired) electrons. The SMILES string of the molecule is CC(C)(N)C1CSc2cc(Cl)cc(Cl)c2C1=O.Cl. The standard InChI is InChI=1S/C12H13Cl2NOS.ClH/c1-12(2,15)7-5-17-9-4-6(13)3-8(14)10(9)11(7)16;/h3-4,7H,5,15H2,1-2H3;1H. The highest BCUT2D eigenvalue weighted by Gasteiger charge is 2.38. The molecule has 100 valence electrons. The van der Waals surface area contributed by atoms with Crippen LogP contribution < -0.4 is 5.73 Å². The number of carbonyl (C=O) groups is 1. The van der Waals surface area contributed by atoms with Crippen molar-refractivity contribution in [3.63, 3.8) is 0 Å². The molecule has 1 aliphatic rings. The molecule has 2 nitrogen and oxygen atoms in total. The largest absolute Gasteiger partial charge is 0.325 e. The van der Waals surface area contributed by atoms with E-state index in [1.54, 1.807) is 23.9 Å². The Morgan fingerprint density at radius 2 is 2.00 bits per heavy atom. The minimum Gasteiger partial charge on any atom is -0.325 e. The molecule has 2 rings (SSSR count). The smallest absolute Gasteiger partial charge is 0.171 e. The third-order valence-corrected chi connectivity index (χ3v) is 4.53. The summed E-state index contributed by atoms with van der Waals surface area (Å²) in [4.78, 5) is 13.2. The normalized spacial score (nSPS) is 19.2. The van der Waals surface area contributed by atoms with Gasteiger partial charge in [0.25, 0.3) is 0 Å². The molecular weight excluding hydrogens is 313 g/mol. The number of thioether (sulfide) groups is 1. The van der Waals surface area contributed by atoms with Gasteiger partial charge in [0.15, 0.2) is 5.78 Å². The van der Waals surface area contributed by atoms with E-state index in [4.69, 9.17) is 28.9 Å². The fourth-order valence-electron chi connectivity index (χ4n) is 1.88. The molecule has 18 heavy (non-hydrogen) atoms. The van der Waals surface area contributed by atoms with E-state index >= 15 is 0 Å². The lowest BCUT2D eigenvalue weighted by Crippen LogP contribution is -2.47. The van der Waals surface area contributed by atoms with E-state index in [-0.39, 0.29) is 24.1 Å². The van der Waals surface area contributed by atoms with Crippen LogP contribution in [0.1, 0.15) is 24.2 Å². The van der Waals surface area contributed by atoms with Crippen LogP contribution in [-0.2, 0) is 0 Å². The van der Waals surface area contributed by atoms with Gasteiger partial charge in [-0.15, -0.1) is 24.2 Å². The van der Waals surface area contributed by atoms with Gasteiger partial charge in [-0.05, 0) is 26.0 Å². The molecule has 1 aliphatic heterocycles. The van der Waals surface area contributed by atoms with Crippen LogP contribution >= 0.6 is 47.4 Å². The minimum atomic E-state index is -0.537. The molecule has 6 heteroatoms. The maximum Gasteiger partial charge on any atom is 0.171 e. The minimum absolute atomic E-state index is 0. The van der Waals surface area contributed by atoms with Gasteiger partial charge in [0, 0.05) is 27.1 Å². The Hall–Kier alpha value is 0.0700. The van der Waals surface area contributed by atoms with Gasteiger partial charge < -0.3 is 5.73 Å². The van der Waals surface area contributed by atoms with Gasteiger partial charge in [-0.3, -0.25) is 4.79 Å². The second-order valence-corrected chi connectivity index (χ2v) is 6.72. The average Bonchev–Trinajstić information content (AvgIpc) is 2.14. The zero-order valence-electron chi connectivity index (χ0n) is 10.00. The monoisotopic (exact) mass is 325 g/mol. The highest BCUT2D eigenvalue weighted by Crippen LogP contribution is 2.41. The number of hydrogen-bond acceptors (Lipinski definition) is 3. The van der Waals surface area contributed by atoms with Crippen molar-refractivity contribution in [3.05, 3.63) is 27.7 Å². The number of Topliss-reactive ketones (excluding diaryl/α,β-unsaturated/α-hetero) is 1. The van der Waals surface area contributed by atoms with Gasteiger partial charge in [-0.25, -0.2) is 0 Å². The number of benzene rings is 1. The molecule has 0 saturated heterocycles. The first-order valence-corrected chi connectivity index (χ1v) is 7.00. The van der Waals surface area contributed by atoms with E-state index in [2.05, 4.69) is 0 Å². The van der Waals surface area contributed by atoms with Crippen LogP contribution in [0.2, 0.25) is 10.0 Å². The Morgan fingerprint density at radius 3 is 2.56 bits per heavy atom. The lowest BCUT2D eigenvalue weighted by molar-refractivity contribution is 0.0881. The maximum absolute atomic E-state index is 12.4. The lowest BCUT2D eigenvalue weighted by atomic mass is 9.83. The van der Waals surface area contributed by atoms with Gasteiger partial charge in [0.05, 0.1) is 10.6 Å². The quantitative estimate of drug-likeness (QED) is 0.846. The number of nitrogens with two attached hydrogens (primary N) is 1. The van der Waals surface area contributed by atoms with Gasteiger partial charge in [0.1, 0.15) is 0 Å². The van der Waals surface area contributed by atoms with Crippen molar-refractivity contribution in [2.45, 2.75) is 24.3 Å². The fraction of sp³-hybridized carbons (Fsp3) is 0.417. The molecule has 1 atom stereocenters. The van der Waals surface area contributed by atoms with Crippen LogP contribution in [-0.4, -0.2) is 17.1 Å². The summed E-state index contributed by atoms with van der Waals surface area (Å²) in [6.07, 6.45) is 0. The second kappa shape index (κ2) is 5.59. The topological polar surface area (TPSA) is 43.1 Å². The number of fused-ring (bicyclic) bond motifs is 1. The van der Waals surface area contributed by atoms with Crippen molar-refractivity contribution in [2.24, 2.45) is 11.7 Å². The summed E-state index contributed by atoms with van der Waals surface area (Å²) < 4.78 is 0. The molecule has 0 bridgehead atoms. The molecule has 0 aliphatic carbocycles. The van der Waals surface area contributed by atoms with E-state index in [1.165, 1.54) is 0 Å². The summed E-state index contributed by atoms with van der Waals surface area (Å²) in [5, 5.41) is 0.971. The van der Waals surface area contributed by atoms with Gasteiger partial charge >= 0.3 is 0 Å². The zero-order valence-corrected chi connectivity index (χ0v) is 13.1.